The fourth-order valence-corrected chi connectivity index (χ4v) is 2.44. The number of hydrogen-bond acceptors (Lipinski definition) is 3. The van der Waals surface area contributed by atoms with Crippen molar-refractivity contribution in [2.75, 3.05) is 7.05 Å². The minimum absolute atomic E-state index is 0.811. The van der Waals surface area contributed by atoms with Crippen LogP contribution in [0.2, 0.25) is 0 Å². The summed E-state index contributed by atoms with van der Waals surface area (Å²) >= 11 is 3.56. The van der Waals surface area contributed by atoms with E-state index in [9.17, 15) is 0 Å². The number of rotatable bonds is 4. The topological polar surface area (TPSA) is 39.1 Å². The molecule has 102 valence electrons. The van der Waals surface area contributed by atoms with E-state index in [1.54, 1.807) is 0 Å². The molecule has 0 radical (unpaired) electrons. The molecule has 19 heavy (non-hydrogen) atoms. The monoisotopic (exact) mass is 323 g/mol. The minimum Gasteiger partial charge on any atom is -0.453 e. The average Bonchev–Trinajstić information content (AvgIpc) is 2.60. The van der Waals surface area contributed by atoms with Crippen molar-refractivity contribution >= 4 is 15.9 Å². The third-order valence-electron chi connectivity index (χ3n) is 3.05. The van der Waals surface area contributed by atoms with Gasteiger partial charge in [-0.2, -0.15) is 5.10 Å². The van der Waals surface area contributed by atoms with Crippen LogP contribution in [0.15, 0.2) is 22.7 Å². The van der Waals surface area contributed by atoms with E-state index in [2.05, 4.69) is 32.4 Å². The summed E-state index contributed by atoms with van der Waals surface area (Å²) in [5.74, 6) is 1.64. The van der Waals surface area contributed by atoms with Gasteiger partial charge in [0.05, 0.1) is 5.69 Å². The second kappa shape index (κ2) is 5.75. The maximum absolute atomic E-state index is 5.94. The first-order valence-corrected chi connectivity index (χ1v) is 6.93. The number of halogens is 1. The molecule has 0 spiro atoms. The highest BCUT2D eigenvalue weighted by Gasteiger charge is 2.12. The van der Waals surface area contributed by atoms with Crippen molar-refractivity contribution in [2.24, 2.45) is 7.05 Å². The number of nitrogens with zero attached hydrogens (tertiary/aromatic N) is 2. The van der Waals surface area contributed by atoms with Gasteiger partial charge in [0.2, 0.25) is 0 Å². The first-order valence-electron chi connectivity index (χ1n) is 6.14. The molecule has 2 aromatic rings. The van der Waals surface area contributed by atoms with Crippen molar-refractivity contribution in [3.8, 4) is 11.5 Å². The Balaban J connectivity index is 2.26. The van der Waals surface area contributed by atoms with Gasteiger partial charge in [-0.05, 0) is 38.6 Å². The standard InChI is InChI=1S/C14H18BrN3O/c1-9-14(10(2)18(4)17-9)19-12-6-5-11(8-16-3)13(15)7-12/h5-7,16H,8H2,1-4H3. The lowest BCUT2D eigenvalue weighted by atomic mass is 10.2. The molecule has 4 nitrogen and oxygen atoms in total. The van der Waals surface area contributed by atoms with Gasteiger partial charge < -0.3 is 10.1 Å². The Labute approximate surface area is 121 Å². The van der Waals surface area contributed by atoms with Crippen LogP contribution < -0.4 is 10.1 Å². The largest absolute Gasteiger partial charge is 0.453 e. The van der Waals surface area contributed by atoms with E-state index >= 15 is 0 Å². The zero-order chi connectivity index (χ0) is 14.0. The molecule has 0 bridgehead atoms. The maximum atomic E-state index is 5.94. The smallest absolute Gasteiger partial charge is 0.171 e. The van der Waals surface area contributed by atoms with Crippen LogP contribution in [0, 0.1) is 13.8 Å². The fraction of sp³-hybridized carbons (Fsp3) is 0.357. The molecule has 0 saturated carbocycles. The fourth-order valence-electron chi connectivity index (χ4n) is 1.95. The zero-order valence-electron chi connectivity index (χ0n) is 11.6. The molecule has 1 aromatic carbocycles. The van der Waals surface area contributed by atoms with Crippen molar-refractivity contribution in [3.05, 3.63) is 39.6 Å². The van der Waals surface area contributed by atoms with Gasteiger partial charge in [-0.1, -0.05) is 22.0 Å². The highest BCUT2D eigenvalue weighted by Crippen LogP contribution is 2.30. The van der Waals surface area contributed by atoms with Crippen LogP contribution in [-0.4, -0.2) is 16.8 Å². The van der Waals surface area contributed by atoms with Gasteiger partial charge in [-0.15, -0.1) is 0 Å². The predicted molar refractivity (Wildman–Crippen MR) is 79.7 cm³/mol. The molecular formula is C14H18BrN3O. The summed E-state index contributed by atoms with van der Waals surface area (Å²) in [4.78, 5) is 0. The molecule has 1 aromatic heterocycles. The molecule has 2 rings (SSSR count). The van der Waals surface area contributed by atoms with Crippen LogP contribution in [0.4, 0.5) is 0 Å². The predicted octanol–water partition coefficient (Wildman–Crippen LogP) is 3.31. The first kappa shape index (κ1) is 14.1. The van der Waals surface area contributed by atoms with Gasteiger partial charge in [0.25, 0.3) is 0 Å². The number of ether oxygens (including phenoxy) is 1. The molecule has 1 heterocycles. The Bertz CT molecular complexity index is 593. The lowest BCUT2D eigenvalue weighted by Gasteiger charge is -2.09. The lowest BCUT2D eigenvalue weighted by Crippen LogP contribution is -2.05. The summed E-state index contributed by atoms with van der Waals surface area (Å²) in [6.45, 7) is 4.78. The highest BCUT2D eigenvalue weighted by atomic mass is 79.9. The summed E-state index contributed by atoms with van der Waals surface area (Å²) in [5, 5.41) is 7.48. The molecule has 1 N–H and O–H groups in total. The molecule has 0 fully saturated rings. The Morgan fingerprint density at radius 2 is 2.11 bits per heavy atom. The molecule has 0 unspecified atom stereocenters. The van der Waals surface area contributed by atoms with E-state index in [0.717, 1.165) is 33.9 Å². The van der Waals surface area contributed by atoms with Crippen LogP contribution >= 0.6 is 15.9 Å². The number of aryl methyl sites for hydroxylation is 2. The Kier molecular flexibility index (Phi) is 4.27. The minimum atomic E-state index is 0.811. The Hall–Kier alpha value is -1.33. The molecule has 0 atom stereocenters. The van der Waals surface area contributed by atoms with Gasteiger partial charge in [0.15, 0.2) is 5.75 Å². The molecule has 0 aliphatic heterocycles. The SMILES string of the molecule is CNCc1ccc(Oc2c(C)nn(C)c2C)cc1Br. The quantitative estimate of drug-likeness (QED) is 0.938. The van der Waals surface area contributed by atoms with E-state index in [1.165, 1.54) is 5.56 Å². The number of hydrogen-bond donors (Lipinski definition) is 1. The zero-order valence-corrected chi connectivity index (χ0v) is 13.2. The van der Waals surface area contributed by atoms with Crippen LogP contribution in [-0.2, 0) is 13.6 Å². The number of aromatic nitrogens is 2. The van der Waals surface area contributed by atoms with E-state index in [0.29, 0.717) is 0 Å². The van der Waals surface area contributed by atoms with Crippen molar-refractivity contribution in [3.63, 3.8) is 0 Å². The summed E-state index contributed by atoms with van der Waals surface area (Å²) in [5.41, 5.74) is 3.12. The van der Waals surface area contributed by atoms with Crippen molar-refractivity contribution < 1.29 is 4.74 Å². The van der Waals surface area contributed by atoms with Crippen LogP contribution in [0.5, 0.6) is 11.5 Å². The average molecular weight is 324 g/mol. The summed E-state index contributed by atoms with van der Waals surface area (Å²) in [6, 6.07) is 6.01. The summed E-state index contributed by atoms with van der Waals surface area (Å²) < 4.78 is 8.81. The van der Waals surface area contributed by atoms with E-state index in [-0.39, 0.29) is 0 Å². The van der Waals surface area contributed by atoms with Gasteiger partial charge in [0, 0.05) is 18.1 Å². The normalized spacial score (nSPS) is 10.8. The highest BCUT2D eigenvalue weighted by molar-refractivity contribution is 9.10. The first-order chi connectivity index (χ1) is 9.02. The van der Waals surface area contributed by atoms with Crippen LogP contribution in [0.1, 0.15) is 17.0 Å². The maximum Gasteiger partial charge on any atom is 0.171 e. The molecule has 5 heteroatoms. The van der Waals surface area contributed by atoms with E-state index in [4.69, 9.17) is 4.74 Å². The number of benzene rings is 1. The Morgan fingerprint density at radius 3 is 2.63 bits per heavy atom. The number of nitrogens with one attached hydrogen (secondary N) is 1. The Morgan fingerprint density at radius 1 is 1.37 bits per heavy atom. The molecule has 0 amide bonds. The van der Waals surface area contributed by atoms with Gasteiger partial charge in [-0.3, -0.25) is 4.68 Å². The molecule has 0 saturated heterocycles. The third-order valence-corrected chi connectivity index (χ3v) is 3.79. The second-order valence-electron chi connectivity index (χ2n) is 4.51. The van der Waals surface area contributed by atoms with Crippen LogP contribution in [0.25, 0.3) is 0 Å². The van der Waals surface area contributed by atoms with Gasteiger partial charge >= 0.3 is 0 Å². The molecular weight excluding hydrogens is 306 g/mol. The van der Waals surface area contributed by atoms with E-state index < -0.39 is 0 Å². The van der Waals surface area contributed by atoms with Gasteiger partial charge in [-0.25, -0.2) is 0 Å². The summed E-state index contributed by atoms with van der Waals surface area (Å²) in [6.07, 6.45) is 0. The van der Waals surface area contributed by atoms with Crippen molar-refractivity contribution in [1.29, 1.82) is 0 Å². The molecule has 0 aliphatic rings. The molecule has 0 aliphatic carbocycles. The lowest BCUT2D eigenvalue weighted by molar-refractivity contribution is 0.473. The third kappa shape index (κ3) is 2.98. The van der Waals surface area contributed by atoms with E-state index in [1.807, 2.05) is 44.8 Å². The van der Waals surface area contributed by atoms with Crippen molar-refractivity contribution in [1.82, 2.24) is 15.1 Å². The van der Waals surface area contributed by atoms with Crippen LogP contribution in [0.3, 0.4) is 0 Å². The summed E-state index contributed by atoms with van der Waals surface area (Å²) in [7, 11) is 3.85. The van der Waals surface area contributed by atoms with Gasteiger partial charge in [0.1, 0.15) is 11.4 Å². The van der Waals surface area contributed by atoms with Crippen molar-refractivity contribution in [2.45, 2.75) is 20.4 Å². The second-order valence-corrected chi connectivity index (χ2v) is 5.36.